The van der Waals surface area contributed by atoms with Crippen LogP contribution in [0.2, 0.25) is 5.02 Å². The van der Waals surface area contributed by atoms with Crippen LogP contribution in [0.25, 0.3) is 0 Å². The first-order valence-electron chi connectivity index (χ1n) is 4.59. The molecule has 0 saturated carbocycles. The van der Waals surface area contributed by atoms with Gasteiger partial charge in [-0.15, -0.1) is 12.4 Å². The zero-order valence-electron chi connectivity index (χ0n) is 8.76. The fourth-order valence-electron chi connectivity index (χ4n) is 1.32. The molecule has 1 rings (SSSR count). The molecule has 0 amide bonds. The molecule has 1 unspecified atom stereocenters. The molecule has 6 heteroatoms. The number of hydrazine groups is 1. The maximum Gasteiger partial charge on any atom is 0.327 e. The largest absolute Gasteiger partial charge is 0.480 e. The second-order valence-corrected chi connectivity index (χ2v) is 3.53. The zero-order chi connectivity index (χ0) is 11.4. The molecule has 4 nitrogen and oxygen atoms in total. The van der Waals surface area contributed by atoms with E-state index >= 15 is 0 Å². The summed E-state index contributed by atoms with van der Waals surface area (Å²) in [5.74, 6) is 4.76. The van der Waals surface area contributed by atoms with Gasteiger partial charge in [-0.2, -0.15) is 0 Å². The lowest BCUT2D eigenvalue weighted by Gasteiger charge is -2.25. The van der Waals surface area contributed by atoms with E-state index < -0.39 is 12.0 Å². The number of hydrogen-bond acceptors (Lipinski definition) is 3. The molecule has 0 radical (unpaired) electrons. The standard InChI is InChI=1S/C10H13ClN2O2.ClH/c1-2-8(10(14)15)13(12)9-6-4-3-5-7(9)11;/h3-6,8H,2,12H2,1H3,(H,14,15);1H. The summed E-state index contributed by atoms with van der Waals surface area (Å²) < 4.78 is 0. The van der Waals surface area contributed by atoms with Crippen LogP contribution in [0.3, 0.4) is 0 Å². The van der Waals surface area contributed by atoms with Gasteiger partial charge in [-0.25, -0.2) is 10.6 Å². The van der Waals surface area contributed by atoms with Gasteiger partial charge in [0.25, 0.3) is 0 Å². The molecule has 0 heterocycles. The number of para-hydroxylation sites is 1. The van der Waals surface area contributed by atoms with Gasteiger partial charge in [-0.1, -0.05) is 30.7 Å². The Morgan fingerprint density at radius 3 is 2.56 bits per heavy atom. The molecule has 0 aliphatic rings. The van der Waals surface area contributed by atoms with Gasteiger partial charge in [0, 0.05) is 0 Å². The molecule has 0 saturated heterocycles. The molecule has 1 aromatic carbocycles. The Kier molecular flexibility index (Phi) is 6.18. The van der Waals surface area contributed by atoms with E-state index in [2.05, 4.69) is 0 Å². The number of carbonyl (C=O) groups is 1. The number of aliphatic carboxylic acids is 1. The second kappa shape index (κ2) is 6.58. The number of hydrogen-bond donors (Lipinski definition) is 2. The van der Waals surface area contributed by atoms with Gasteiger partial charge in [0.05, 0.1) is 10.7 Å². The van der Waals surface area contributed by atoms with E-state index in [0.717, 1.165) is 0 Å². The minimum Gasteiger partial charge on any atom is -0.480 e. The van der Waals surface area contributed by atoms with Gasteiger partial charge in [-0.05, 0) is 18.6 Å². The molecule has 0 bridgehead atoms. The van der Waals surface area contributed by atoms with Crippen molar-refractivity contribution in [3.8, 4) is 0 Å². The highest BCUT2D eigenvalue weighted by molar-refractivity contribution is 6.33. The Labute approximate surface area is 105 Å². The first-order valence-corrected chi connectivity index (χ1v) is 4.97. The van der Waals surface area contributed by atoms with Crippen molar-refractivity contribution in [2.45, 2.75) is 19.4 Å². The van der Waals surface area contributed by atoms with Crippen molar-refractivity contribution in [1.82, 2.24) is 0 Å². The Balaban J connectivity index is 0.00000225. The topological polar surface area (TPSA) is 66.6 Å². The number of nitrogens with two attached hydrogens (primary N) is 1. The van der Waals surface area contributed by atoms with Crippen molar-refractivity contribution in [1.29, 1.82) is 0 Å². The first kappa shape index (κ1) is 15.0. The van der Waals surface area contributed by atoms with Gasteiger partial charge < -0.3 is 5.11 Å². The fraction of sp³-hybridized carbons (Fsp3) is 0.300. The minimum atomic E-state index is -0.958. The molecular formula is C10H14Cl2N2O2. The number of benzene rings is 1. The summed E-state index contributed by atoms with van der Waals surface area (Å²) in [5, 5.41) is 10.6. The van der Waals surface area contributed by atoms with Crippen LogP contribution in [0.15, 0.2) is 24.3 Å². The highest BCUT2D eigenvalue weighted by Gasteiger charge is 2.22. The van der Waals surface area contributed by atoms with E-state index in [0.29, 0.717) is 17.1 Å². The summed E-state index contributed by atoms with van der Waals surface area (Å²) in [6, 6.07) is 6.13. The molecule has 1 aromatic rings. The predicted molar refractivity (Wildman–Crippen MR) is 67.1 cm³/mol. The fourth-order valence-corrected chi connectivity index (χ4v) is 1.55. The van der Waals surface area contributed by atoms with Crippen LogP contribution in [0.5, 0.6) is 0 Å². The third-order valence-electron chi connectivity index (χ3n) is 2.14. The molecule has 3 N–H and O–H groups in total. The van der Waals surface area contributed by atoms with Gasteiger partial charge >= 0.3 is 5.97 Å². The lowest BCUT2D eigenvalue weighted by atomic mass is 10.2. The zero-order valence-corrected chi connectivity index (χ0v) is 10.3. The van der Waals surface area contributed by atoms with Crippen molar-refractivity contribution < 1.29 is 9.90 Å². The molecule has 0 aliphatic carbocycles. The summed E-state index contributed by atoms with van der Waals surface area (Å²) in [5.41, 5.74) is 0.522. The molecule has 0 aromatic heterocycles. The van der Waals surface area contributed by atoms with E-state index in [9.17, 15) is 4.79 Å². The van der Waals surface area contributed by atoms with Gasteiger partial charge in [0.2, 0.25) is 0 Å². The average Bonchev–Trinajstić information content (AvgIpc) is 2.18. The van der Waals surface area contributed by atoms with Crippen LogP contribution >= 0.6 is 24.0 Å². The third-order valence-corrected chi connectivity index (χ3v) is 2.46. The monoisotopic (exact) mass is 264 g/mol. The SMILES string of the molecule is CCC(C(=O)O)N(N)c1ccccc1Cl.Cl. The minimum absolute atomic E-state index is 0. The van der Waals surface area contributed by atoms with Gasteiger partial charge in [0.15, 0.2) is 0 Å². The van der Waals surface area contributed by atoms with E-state index in [1.54, 1.807) is 31.2 Å². The van der Waals surface area contributed by atoms with Crippen molar-refractivity contribution in [2.24, 2.45) is 5.84 Å². The average molecular weight is 265 g/mol. The first-order chi connectivity index (χ1) is 7.07. The number of halogens is 2. The lowest BCUT2D eigenvalue weighted by Crippen LogP contribution is -2.46. The van der Waals surface area contributed by atoms with Gasteiger partial charge in [0.1, 0.15) is 6.04 Å². The summed E-state index contributed by atoms with van der Waals surface area (Å²) >= 11 is 5.91. The van der Waals surface area contributed by atoms with Crippen molar-refractivity contribution >= 4 is 35.7 Å². The van der Waals surface area contributed by atoms with Crippen LogP contribution in [-0.4, -0.2) is 17.1 Å². The summed E-state index contributed by atoms with van der Waals surface area (Å²) in [7, 11) is 0. The normalized spacial score (nSPS) is 11.4. The second-order valence-electron chi connectivity index (χ2n) is 3.12. The smallest absolute Gasteiger partial charge is 0.327 e. The van der Waals surface area contributed by atoms with Crippen molar-refractivity contribution in [2.75, 3.05) is 5.01 Å². The lowest BCUT2D eigenvalue weighted by molar-refractivity contribution is -0.138. The van der Waals surface area contributed by atoms with Crippen molar-refractivity contribution in [3.63, 3.8) is 0 Å². The van der Waals surface area contributed by atoms with Crippen LogP contribution in [0.1, 0.15) is 13.3 Å². The Hall–Kier alpha value is -0.970. The van der Waals surface area contributed by atoms with E-state index in [-0.39, 0.29) is 12.4 Å². The molecular weight excluding hydrogens is 251 g/mol. The van der Waals surface area contributed by atoms with E-state index in [1.165, 1.54) is 5.01 Å². The quantitative estimate of drug-likeness (QED) is 0.647. The Morgan fingerprint density at radius 2 is 2.12 bits per heavy atom. The number of carboxylic acids is 1. The Bertz CT molecular complexity index is 360. The van der Waals surface area contributed by atoms with Gasteiger partial charge in [-0.3, -0.25) is 5.01 Å². The molecule has 0 spiro atoms. The van der Waals surface area contributed by atoms with Crippen LogP contribution in [0.4, 0.5) is 5.69 Å². The third kappa shape index (κ3) is 3.27. The number of nitrogens with zero attached hydrogens (tertiary/aromatic N) is 1. The molecule has 90 valence electrons. The number of rotatable bonds is 4. The number of anilines is 1. The highest BCUT2D eigenvalue weighted by atomic mass is 35.5. The van der Waals surface area contributed by atoms with Crippen molar-refractivity contribution in [3.05, 3.63) is 29.3 Å². The summed E-state index contributed by atoms with van der Waals surface area (Å²) in [4.78, 5) is 10.9. The van der Waals surface area contributed by atoms with E-state index in [4.69, 9.17) is 22.6 Å². The van der Waals surface area contributed by atoms with Crippen LogP contribution < -0.4 is 10.9 Å². The molecule has 0 aliphatic heterocycles. The molecule has 16 heavy (non-hydrogen) atoms. The molecule has 0 fully saturated rings. The maximum absolute atomic E-state index is 10.9. The molecule has 1 atom stereocenters. The highest BCUT2D eigenvalue weighted by Crippen LogP contribution is 2.25. The summed E-state index contributed by atoms with van der Waals surface area (Å²) in [6.45, 7) is 1.76. The summed E-state index contributed by atoms with van der Waals surface area (Å²) in [6.07, 6.45) is 0.414. The number of carboxylic acid groups (broad SMARTS) is 1. The predicted octanol–water partition coefficient (Wildman–Crippen LogP) is 2.31. The van der Waals surface area contributed by atoms with Crippen LogP contribution in [0, 0.1) is 0 Å². The Morgan fingerprint density at radius 1 is 1.56 bits per heavy atom. The maximum atomic E-state index is 10.9. The van der Waals surface area contributed by atoms with E-state index in [1.807, 2.05) is 0 Å². The van der Waals surface area contributed by atoms with Crippen LogP contribution in [-0.2, 0) is 4.79 Å².